The van der Waals surface area contributed by atoms with Gasteiger partial charge >= 0.3 is 0 Å². The lowest BCUT2D eigenvalue weighted by atomic mass is 10.1. The van der Waals surface area contributed by atoms with Crippen molar-refractivity contribution in [3.8, 4) is 0 Å². The fourth-order valence-corrected chi connectivity index (χ4v) is 5.72. The van der Waals surface area contributed by atoms with Gasteiger partial charge in [0.1, 0.15) is 0 Å². The van der Waals surface area contributed by atoms with Crippen molar-refractivity contribution in [3.63, 3.8) is 0 Å². The maximum absolute atomic E-state index is 13.8. The number of carbonyl (C=O) groups is 2. The second-order valence-corrected chi connectivity index (χ2v) is 8.88. The van der Waals surface area contributed by atoms with E-state index in [-0.39, 0.29) is 17.7 Å². The number of carbonyl (C=O) groups excluding carboxylic acids is 2. The van der Waals surface area contributed by atoms with E-state index >= 15 is 0 Å². The molecule has 1 unspecified atom stereocenters. The highest BCUT2D eigenvalue weighted by molar-refractivity contribution is 8.01. The minimum atomic E-state index is -0.876. The Morgan fingerprint density at radius 2 is 1.89 bits per heavy atom. The van der Waals surface area contributed by atoms with E-state index < -0.39 is 4.87 Å². The lowest BCUT2D eigenvalue weighted by molar-refractivity contribution is -0.141. The molecule has 2 aromatic rings. The number of aryl methyl sites for hydroxylation is 1. The molecule has 27 heavy (non-hydrogen) atoms. The number of rotatable bonds is 3. The van der Waals surface area contributed by atoms with Gasteiger partial charge in [0, 0.05) is 23.8 Å². The fourth-order valence-electron chi connectivity index (χ4n) is 4.25. The molecule has 4 nitrogen and oxygen atoms in total. The average Bonchev–Trinajstić information content (AvgIpc) is 3.40. The SMILES string of the molecule is Cc1ccccc1CN1C(=O)C2(SCCN2C(=O)C2CC2)c2ccccc21. The van der Waals surface area contributed by atoms with Crippen LogP contribution in [0.4, 0.5) is 5.69 Å². The summed E-state index contributed by atoms with van der Waals surface area (Å²) in [5.74, 6) is 1.10. The van der Waals surface area contributed by atoms with Crippen molar-refractivity contribution in [2.45, 2.75) is 31.2 Å². The molecule has 0 radical (unpaired) electrons. The first-order valence-corrected chi connectivity index (χ1v) is 10.5. The zero-order valence-electron chi connectivity index (χ0n) is 15.4. The van der Waals surface area contributed by atoms with Crippen molar-refractivity contribution in [1.82, 2.24) is 4.90 Å². The van der Waals surface area contributed by atoms with Crippen molar-refractivity contribution >= 4 is 29.3 Å². The molecule has 2 heterocycles. The van der Waals surface area contributed by atoms with E-state index in [0.29, 0.717) is 13.1 Å². The van der Waals surface area contributed by atoms with Gasteiger partial charge in [0.25, 0.3) is 5.91 Å². The van der Waals surface area contributed by atoms with E-state index in [9.17, 15) is 9.59 Å². The number of thioether (sulfide) groups is 1. The van der Waals surface area contributed by atoms with Gasteiger partial charge in [-0.25, -0.2) is 0 Å². The molecule has 2 amide bonds. The third-order valence-electron chi connectivity index (χ3n) is 5.88. The molecule has 1 saturated heterocycles. The standard InChI is InChI=1S/C22H22N2O2S/c1-15-6-2-3-7-17(15)14-23-19-9-5-4-8-18(19)22(21(23)26)24(12-13-27-22)20(25)16-10-11-16/h2-9,16H,10-14H2,1H3. The number of fused-ring (bicyclic) bond motifs is 2. The van der Waals surface area contributed by atoms with Crippen molar-refractivity contribution in [2.24, 2.45) is 5.92 Å². The van der Waals surface area contributed by atoms with Gasteiger partial charge < -0.3 is 9.80 Å². The minimum Gasteiger partial charge on any atom is -0.315 e. The quantitative estimate of drug-likeness (QED) is 0.818. The predicted molar refractivity (Wildman–Crippen MR) is 107 cm³/mol. The lowest BCUT2D eigenvalue weighted by Crippen LogP contribution is -2.50. The smallest absolute Gasteiger partial charge is 0.268 e. The number of hydrogen-bond donors (Lipinski definition) is 0. The first-order valence-electron chi connectivity index (χ1n) is 9.54. The number of nitrogens with zero attached hydrogens (tertiary/aromatic N) is 2. The van der Waals surface area contributed by atoms with Crippen LogP contribution < -0.4 is 4.90 Å². The number of para-hydroxylation sites is 1. The Hall–Kier alpha value is -2.27. The molecule has 0 aromatic heterocycles. The molecular formula is C22H22N2O2S. The first-order chi connectivity index (χ1) is 13.1. The summed E-state index contributed by atoms with van der Waals surface area (Å²) in [5.41, 5.74) is 4.23. The van der Waals surface area contributed by atoms with Gasteiger partial charge in [0.05, 0.1) is 12.2 Å². The van der Waals surface area contributed by atoms with Gasteiger partial charge in [-0.1, -0.05) is 42.5 Å². The minimum absolute atomic E-state index is 0.0310. The van der Waals surface area contributed by atoms with Crippen LogP contribution in [0.1, 0.15) is 29.5 Å². The van der Waals surface area contributed by atoms with Gasteiger partial charge in [-0.3, -0.25) is 9.59 Å². The number of benzene rings is 2. The Kier molecular flexibility index (Phi) is 3.83. The van der Waals surface area contributed by atoms with E-state index in [4.69, 9.17) is 0 Å². The Balaban J connectivity index is 1.59. The molecule has 2 aromatic carbocycles. The highest BCUT2D eigenvalue weighted by Crippen LogP contribution is 2.55. The van der Waals surface area contributed by atoms with Crippen molar-refractivity contribution < 1.29 is 9.59 Å². The second kappa shape index (κ2) is 6.13. The van der Waals surface area contributed by atoms with E-state index in [1.165, 1.54) is 5.56 Å². The molecule has 0 N–H and O–H groups in total. The van der Waals surface area contributed by atoms with Crippen LogP contribution in [0.5, 0.6) is 0 Å². The number of hydrogen-bond acceptors (Lipinski definition) is 3. The van der Waals surface area contributed by atoms with Crippen molar-refractivity contribution in [3.05, 3.63) is 65.2 Å². The molecule has 3 aliphatic rings. The monoisotopic (exact) mass is 378 g/mol. The summed E-state index contributed by atoms with van der Waals surface area (Å²) in [6.45, 7) is 3.26. The molecular weight excluding hydrogens is 356 g/mol. The van der Waals surface area contributed by atoms with Gasteiger partial charge in [-0.05, 0) is 37.0 Å². The van der Waals surface area contributed by atoms with E-state index in [0.717, 1.165) is 35.4 Å². The molecule has 1 atom stereocenters. The van der Waals surface area contributed by atoms with Crippen LogP contribution in [0.25, 0.3) is 0 Å². The molecule has 5 rings (SSSR count). The van der Waals surface area contributed by atoms with E-state index in [1.54, 1.807) is 11.8 Å². The van der Waals surface area contributed by atoms with E-state index in [1.807, 2.05) is 46.2 Å². The molecule has 0 bridgehead atoms. The normalized spacial score (nSPS) is 24.0. The van der Waals surface area contributed by atoms with Crippen molar-refractivity contribution in [2.75, 3.05) is 17.2 Å². The molecule has 2 fully saturated rings. The third kappa shape index (κ3) is 2.44. The van der Waals surface area contributed by atoms with Crippen LogP contribution in [0, 0.1) is 12.8 Å². The van der Waals surface area contributed by atoms with Crippen LogP contribution in [0.3, 0.4) is 0 Å². The maximum Gasteiger partial charge on any atom is 0.268 e. The van der Waals surface area contributed by atoms with E-state index in [2.05, 4.69) is 19.1 Å². The Morgan fingerprint density at radius 1 is 1.15 bits per heavy atom. The molecule has 2 aliphatic heterocycles. The fraction of sp³-hybridized carbons (Fsp3) is 0.364. The lowest BCUT2D eigenvalue weighted by Gasteiger charge is -2.33. The van der Waals surface area contributed by atoms with Gasteiger partial charge in [0.2, 0.25) is 5.91 Å². The zero-order valence-corrected chi connectivity index (χ0v) is 16.2. The second-order valence-electron chi connectivity index (χ2n) is 7.59. The molecule has 1 spiro atoms. The summed E-state index contributed by atoms with van der Waals surface area (Å²) in [6.07, 6.45) is 1.91. The molecule has 1 aliphatic carbocycles. The summed E-state index contributed by atoms with van der Waals surface area (Å²) < 4.78 is 0. The van der Waals surface area contributed by atoms with Crippen LogP contribution in [0.2, 0.25) is 0 Å². The predicted octanol–water partition coefficient (Wildman–Crippen LogP) is 3.68. The van der Waals surface area contributed by atoms with Crippen LogP contribution in [-0.2, 0) is 21.0 Å². The summed E-state index contributed by atoms with van der Waals surface area (Å²) >= 11 is 1.62. The van der Waals surface area contributed by atoms with Gasteiger partial charge in [-0.15, -0.1) is 11.8 Å². The maximum atomic E-state index is 13.8. The van der Waals surface area contributed by atoms with Crippen molar-refractivity contribution in [1.29, 1.82) is 0 Å². The number of amides is 2. The van der Waals surface area contributed by atoms with Crippen LogP contribution in [-0.4, -0.2) is 29.0 Å². The van der Waals surface area contributed by atoms with Gasteiger partial charge in [-0.2, -0.15) is 0 Å². The Bertz CT molecular complexity index is 939. The molecule has 1 saturated carbocycles. The Labute approximate surface area is 163 Å². The molecule has 138 valence electrons. The highest BCUT2D eigenvalue weighted by atomic mass is 32.2. The third-order valence-corrected chi connectivity index (χ3v) is 7.30. The zero-order chi connectivity index (χ0) is 18.6. The largest absolute Gasteiger partial charge is 0.315 e. The average molecular weight is 378 g/mol. The summed E-state index contributed by atoms with van der Waals surface area (Å²) in [7, 11) is 0. The Morgan fingerprint density at radius 3 is 2.67 bits per heavy atom. The highest BCUT2D eigenvalue weighted by Gasteiger charge is 2.60. The number of anilines is 1. The van der Waals surface area contributed by atoms with Crippen LogP contribution >= 0.6 is 11.8 Å². The summed E-state index contributed by atoms with van der Waals surface area (Å²) in [5, 5.41) is 0. The summed E-state index contributed by atoms with van der Waals surface area (Å²) in [4.78, 5) is 29.6. The first kappa shape index (κ1) is 16.9. The topological polar surface area (TPSA) is 40.6 Å². The van der Waals surface area contributed by atoms with Crippen LogP contribution in [0.15, 0.2) is 48.5 Å². The molecule has 5 heteroatoms. The summed E-state index contributed by atoms with van der Waals surface area (Å²) in [6, 6.07) is 16.2. The van der Waals surface area contributed by atoms with Gasteiger partial charge in [0.15, 0.2) is 4.87 Å².